The third-order valence-electron chi connectivity index (χ3n) is 1.02. The molecular weight excluding hydrogens is 116 g/mol. The van der Waals surface area contributed by atoms with E-state index in [-0.39, 0.29) is 0 Å². The van der Waals surface area contributed by atoms with Crippen molar-refractivity contribution in [1.29, 1.82) is 0 Å². The summed E-state index contributed by atoms with van der Waals surface area (Å²) in [6, 6.07) is 1.81. The van der Waals surface area contributed by atoms with Crippen molar-refractivity contribution < 1.29 is 0 Å². The molecule has 0 fully saturated rings. The molecule has 1 rings (SSSR count). The Morgan fingerprint density at radius 3 is 3.00 bits per heavy atom. The van der Waals surface area contributed by atoms with E-state index in [9.17, 15) is 0 Å². The van der Waals surface area contributed by atoms with Crippen LogP contribution in [0.2, 0.25) is 0 Å². The molecule has 4 nitrogen and oxygen atoms in total. The third kappa shape index (κ3) is 1.07. The summed E-state index contributed by atoms with van der Waals surface area (Å²) in [6.45, 7) is 0. The number of aromatic nitrogens is 2. The Labute approximate surface area is 52.7 Å². The van der Waals surface area contributed by atoms with Gasteiger partial charge in [-0.05, 0) is 6.07 Å². The van der Waals surface area contributed by atoms with Crippen LogP contribution in [0.25, 0.3) is 0 Å². The first-order chi connectivity index (χ1) is 4.34. The number of aryl methyl sites for hydroxylation is 1. The molecule has 0 aromatic carbocycles. The van der Waals surface area contributed by atoms with Crippen molar-refractivity contribution >= 4 is 0 Å². The van der Waals surface area contributed by atoms with Crippen molar-refractivity contribution in [2.75, 3.05) is 0 Å². The monoisotopic (exact) mass is 124 g/mol. The van der Waals surface area contributed by atoms with Gasteiger partial charge in [-0.1, -0.05) is 0 Å². The second kappa shape index (κ2) is 2.30. The molecule has 0 aliphatic rings. The molecular formula is C5H8N4. The number of nitrogens with zero attached hydrogens (tertiary/aromatic N) is 3. The van der Waals surface area contributed by atoms with Crippen molar-refractivity contribution in [1.82, 2.24) is 9.55 Å². The molecule has 0 radical (unpaired) electrons. The zero-order valence-corrected chi connectivity index (χ0v) is 5.15. The fourth-order valence-electron chi connectivity index (χ4n) is 0.559. The maximum Gasteiger partial charge on any atom is 0.245 e. The minimum Gasteiger partial charge on any atom is -0.320 e. The summed E-state index contributed by atoms with van der Waals surface area (Å²) in [6.07, 6.45) is 3.48. The molecule has 0 aliphatic heterocycles. The van der Waals surface area contributed by atoms with Crippen LogP contribution < -0.4 is 11.5 Å². The van der Waals surface area contributed by atoms with Crippen LogP contribution in [-0.2, 0) is 7.05 Å². The number of hydrogen-bond acceptors (Lipinski definition) is 3. The Kier molecular flexibility index (Phi) is 1.48. The maximum atomic E-state index is 4.99. The lowest BCUT2D eigenvalue weighted by Crippen LogP contribution is -2.21. The molecule has 1 aromatic heterocycles. The topological polar surface area (TPSA) is 56.2 Å². The molecule has 48 valence electrons. The van der Waals surface area contributed by atoms with Gasteiger partial charge >= 0.3 is 0 Å². The molecule has 2 N–H and O–H groups in total. The first-order valence-corrected chi connectivity index (χ1v) is 2.56. The van der Waals surface area contributed by atoms with E-state index in [0.29, 0.717) is 5.62 Å². The standard InChI is InChI=1S/C5H8N4/c1-9-4-2-3-7-5(9)8-6/h2-4H,6H2,1H3. The molecule has 0 spiro atoms. The van der Waals surface area contributed by atoms with Crippen molar-refractivity contribution in [3.8, 4) is 0 Å². The fourth-order valence-corrected chi connectivity index (χ4v) is 0.559. The lowest BCUT2D eigenvalue weighted by Gasteiger charge is -1.92. The van der Waals surface area contributed by atoms with E-state index in [1.165, 1.54) is 0 Å². The van der Waals surface area contributed by atoms with Crippen LogP contribution in [0.1, 0.15) is 0 Å². The smallest absolute Gasteiger partial charge is 0.245 e. The van der Waals surface area contributed by atoms with Gasteiger partial charge in [-0.15, -0.1) is 5.10 Å². The van der Waals surface area contributed by atoms with Crippen LogP contribution in [0.5, 0.6) is 0 Å². The molecule has 0 atom stereocenters. The van der Waals surface area contributed by atoms with Crippen LogP contribution in [0.3, 0.4) is 0 Å². The first kappa shape index (κ1) is 5.81. The highest BCUT2D eigenvalue weighted by Gasteiger charge is 1.80. The third-order valence-corrected chi connectivity index (χ3v) is 1.02. The highest BCUT2D eigenvalue weighted by molar-refractivity contribution is 4.78. The highest BCUT2D eigenvalue weighted by Crippen LogP contribution is 1.69. The van der Waals surface area contributed by atoms with Crippen LogP contribution in [0.4, 0.5) is 0 Å². The number of hydrogen-bond donors (Lipinski definition) is 1. The van der Waals surface area contributed by atoms with E-state index < -0.39 is 0 Å². The Morgan fingerprint density at radius 1 is 1.78 bits per heavy atom. The Balaban J connectivity index is 3.33. The van der Waals surface area contributed by atoms with Crippen molar-refractivity contribution in [2.24, 2.45) is 18.0 Å². The van der Waals surface area contributed by atoms with E-state index in [0.717, 1.165) is 0 Å². The van der Waals surface area contributed by atoms with Gasteiger partial charge in [0, 0.05) is 19.4 Å². The van der Waals surface area contributed by atoms with E-state index in [1.54, 1.807) is 10.8 Å². The van der Waals surface area contributed by atoms with Crippen molar-refractivity contribution in [2.45, 2.75) is 0 Å². The quantitative estimate of drug-likeness (QED) is 0.363. The van der Waals surface area contributed by atoms with Gasteiger partial charge < -0.3 is 10.4 Å². The summed E-state index contributed by atoms with van der Waals surface area (Å²) < 4.78 is 1.74. The minimum atomic E-state index is 0.525. The molecule has 1 heterocycles. The molecule has 1 aromatic rings. The van der Waals surface area contributed by atoms with E-state index in [1.807, 2.05) is 19.3 Å². The summed E-state index contributed by atoms with van der Waals surface area (Å²) in [5.41, 5.74) is 0.525. The van der Waals surface area contributed by atoms with E-state index in [2.05, 4.69) is 10.1 Å². The van der Waals surface area contributed by atoms with E-state index in [4.69, 9.17) is 5.84 Å². The summed E-state index contributed by atoms with van der Waals surface area (Å²) in [4.78, 5) is 3.87. The van der Waals surface area contributed by atoms with E-state index >= 15 is 0 Å². The molecule has 0 unspecified atom stereocenters. The summed E-state index contributed by atoms with van der Waals surface area (Å²) in [7, 11) is 1.83. The predicted octanol–water partition coefficient (Wildman–Crippen LogP) is -0.806. The largest absolute Gasteiger partial charge is 0.320 e. The molecule has 0 aliphatic carbocycles. The normalized spacial score (nSPS) is 11.9. The van der Waals surface area contributed by atoms with Gasteiger partial charge in [-0.25, -0.2) is 4.98 Å². The second-order valence-corrected chi connectivity index (χ2v) is 1.66. The average Bonchev–Trinajstić information content (AvgIpc) is 1.89. The van der Waals surface area contributed by atoms with Gasteiger partial charge in [0.05, 0.1) is 0 Å². The summed E-state index contributed by atoms with van der Waals surface area (Å²) in [5.74, 6) is 4.99. The summed E-state index contributed by atoms with van der Waals surface area (Å²) in [5, 5.41) is 3.42. The number of rotatable bonds is 0. The van der Waals surface area contributed by atoms with Crippen LogP contribution in [0.15, 0.2) is 23.6 Å². The molecule has 0 bridgehead atoms. The van der Waals surface area contributed by atoms with Gasteiger partial charge in [0.15, 0.2) is 0 Å². The van der Waals surface area contributed by atoms with Crippen LogP contribution in [-0.4, -0.2) is 9.55 Å². The SMILES string of the molecule is Cn1cccnc1=NN. The lowest BCUT2D eigenvalue weighted by molar-refractivity contribution is 0.763. The highest BCUT2D eigenvalue weighted by atomic mass is 15.2. The molecule has 9 heavy (non-hydrogen) atoms. The van der Waals surface area contributed by atoms with Crippen LogP contribution in [0, 0.1) is 0 Å². The average molecular weight is 124 g/mol. The molecule has 0 saturated heterocycles. The fraction of sp³-hybridized carbons (Fsp3) is 0.200. The zero-order chi connectivity index (χ0) is 6.69. The Bertz CT molecular complexity index is 249. The van der Waals surface area contributed by atoms with Gasteiger partial charge in [-0.2, -0.15) is 0 Å². The van der Waals surface area contributed by atoms with Gasteiger partial charge in [-0.3, -0.25) is 0 Å². The Hall–Kier alpha value is -1.32. The Morgan fingerprint density at radius 2 is 2.56 bits per heavy atom. The van der Waals surface area contributed by atoms with Gasteiger partial charge in [0.1, 0.15) is 0 Å². The minimum absolute atomic E-state index is 0.525. The van der Waals surface area contributed by atoms with Crippen molar-refractivity contribution in [3.63, 3.8) is 0 Å². The second-order valence-electron chi connectivity index (χ2n) is 1.66. The molecule has 0 saturated carbocycles. The predicted molar refractivity (Wildman–Crippen MR) is 33.0 cm³/mol. The maximum absolute atomic E-state index is 4.99. The van der Waals surface area contributed by atoms with Gasteiger partial charge in [0.2, 0.25) is 5.62 Å². The number of nitrogens with two attached hydrogens (primary N) is 1. The lowest BCUT2D eigenvalue weighted by atomic mass is 10.7. The van der Waals surface area contributed by atoms with Crippen LogP contribution >= 0.6 is 0 Å². The first-order valence-electron chi connectivity index (χ1n) is 2.56. The van der Waals surface area contributed by atoms with Crippen molar-refractivity contribution in [3.05, 3.63) is 24.1 Å². The summed E-state index contributed by atoms with van der Waals surface area (Å²) >= 11 is 0. The molecule has 4 heteroatoms. The van der Waals surface area contributed by atoms with Gasteiger partial charge in [0.25, 0.3) is 0 Å². The zero-order valence-electron chi connectivity index (χ0n) is 5.15. The molecule has 0 amide bonds.